The molecule has 1 heterocycles. The number of nitrogens with one attached hydrogen (secondary N) is 1. The first-order valence-corrected chi connectivity index (χ1v) is 6.59. The number of thiazole rings is 1. The maximum atomic E-state index is 12.0. The Morgan fingerprint density at radius 1 is 1.59 bits per heavy atom. The van der Waals surface area contributed by atoms with Crippen LogP contribution in [0, 0.1) is 6.92 Å². The topological polar surface area (TPSA) is 88.2 Å². The van der Waals surface area contributed by atoms with Gasteiger partial charge < -0.3 is 16.2 Å². The van der Waals surface area contributed by atoms with Crippen LogP contribution in [0.25, 0.3) is 0 Å². The zero-order valence-corrected chi connectivity index (χ0v) is 10.6. The molecule has 94 valence electrons. The number of carbonyl (C=O) groups excluding carboxylic acids is 1. The Hall–Kier alpha value is -1.14. The smallest absolute Gasteiger partial charge is 0.263 e. The van der Waals surface area contributed by atoms with Crippen LogP contribution in [0.5, 0.6) is 0 Å². The number of aryl methyl sites for hydroxylation is 1. The summed E-state index contributed by atoms with van der Waals surface area (Å²) in [6.45, 7) is 1.78. The summed E-state index contributed by atoms with van der Waals surface area (Å²) in [4.78, 5) is 16.6. The van der Waals surface area contributed by atoms with Gasteiger partial charge in [-0.2, -0.15) is 0 Å². The van der Waals surface area contributed by atoms with E-state index in [2.05, 4.69) is 10.3 Å². The largest absolute Gasteiger partial charge is 0.393 e. The van der Waals surface area contributed by atoms with Crippen LogP contribution in [-0.4, -0.2) is 28.1 Å². The molecule has 4 N–H and O–H groups in total. The summed E-state index contributed by atoms with van der Waals surface area (Å²) >= 11 is 1.20. The van der Waals surface area contributed by atoms with Crippen molar-refractivity contribution in [1.82, 2.24) is 10.3 Å². The van der Waals surface area contributed by atoms with E-state index < -0.39 is 0 Å². The lowest BCUT2D eigenvalue weighted by Crippen LogP contribution is -2.39. The molecule has 0 aliphatic heterocycles. The highest BCUT2D eigenvalue weighted by atomic mass is 32.1. The highest BCUT2D eigenvalue weighted by molar-refractivity contribution is 7.17. The second kappa shape index (κ2) is 5.01. The number of carbonyl (C=O) groups is 1. The maximum absolute atomic E-state index is 12.0. The van der Waals surface area contributed by atoms with Crippen molar-refractivity contribution in [2.24, 2.45) is 0 Å². The number of nitrogens with two attached hydrogens (primary N) is 1. The molecule has 0 bridgehead atoms. The number of aliphatic hydroxyl groups is 1. The number of hydrogen-bond donors (Lipinski definition) is 3. The van der Waals surface area contributed by atoms with Crippen LogP contribution in [0.1, 0.15) is 41.0 Å². The van der Waals surface area contributed by atoms with Gasteiger partial charge in [0.15, 0.2) is 5.13 Å². The van der Waals surface area contributed by atoms with E-state index in [0.29, 0.717) is 22.1 Å². The van der Waals surface area contributed by atoms with Crippen molar-refractivity contribution < 1.29 is 9.90 Å². The predicted octanol–water partition coefficient (Wildman–Crippen LogP) is 1.07. The summed E-state index contributed by atoms with van der Waals surface area (Å²) in [6.07, 6.45) is 3.06. The van der Waals surface area contributed by atoms with Crippen LogP contribution in [-0.2, 0) is 0 Å². The molecule has 5 nitrogen and oxygen atoms in total. The van der Waals surface area contributed by atoms with E-state index in [1.807, 2.05) is 0 Å². The van der Waals surface area contributed by atoms with E-state index in [1.165, 1.54) is 11.3 Å². The Morgan fingerprint density at radius 3 is 2.94 bits per heavy atom. The molecule has 1 aromatic rings. The SMILES string of the molecule is Cc1nc(N)sc1C(=O)NC1CCCC(O)C1. The number of amides is 1. The Labute approximate surface area is 104 Å². The van der Waals surface area contributed by atoms with Crippen LogP contribution in [0.2, 0.25) is 0 Å². The van der Waals surface area contributed by atoms with E-state index in [1.54, 1.807) is 6.92 Å². The molecule has 6 heteroatoms. The van der Waals surface area contributed by atoms with E-state index >= 15 is 0 Å². The van der Waals surface area contributed by atoms with E-state index in [4.69, 9.17) is 5.73 Å². The highest BCUT2D eigenvalue weighted by Crippen LogP contribution is 2.22. The van der Waals surface area contributed by atoms with Crippen molar-refractivity contribution in [1.29, 1.82) is 0 Å². The van der Waals surface area contributed by atoms with Crippen molar-refractivity contribution in [3.05, 3.63) is 10.6 Å². The molecule has 0 spiro atoms. The van der Waals surface area contributed by atoms with Gasteiger partial charge in [-0.05, 0) is 32.6 Å². The second-order valence-electron chi connectivity index (χ2n) is 4.46. The van der Waals surface area contributed by atoms with Gasteiger partial charge in [0.05, 0.1) is 11.8 Å². The molecule has 1 amide bonds. The van der Waals surface area contributed by atoms with Crippen molar-refractivity contribution in [2.75, 3.05) is 5.73 Å². The standard InChI is InChI=1S/C11H17N3O2S/c1-6-9(17-11(12)13-6)10(16)14-7-3-2-4-8(15)5-7/h7-8,15H,2-5H2,1H3,(H2,12,13)(H,14,16). The van der Waals surface area contributed by atoms with Crippen molar-refractivity contribution in [2.45, 2.75) is 44.8 Å². The van der Waals surface area contributed by atoms with Crippen molar-refractivity contribution in [3.63, 3.8) is 0 Å². The Kier molecular flexibility index (Phi) is 3.63. The van der Waals surface area contributed by atoms with Crippen LogP contribution in [0.15, 0.2) is 0 Å². The molecule has 2 rings (SSSR count). The van der Waals surface area contributed by atoms with Crippen LogP contribution in [0.4, 0.5) is 5.13 Å². The number of hydrogen-bond acceptors (Lipinski definition) is 5. The van der Waals surface area contributed by atoms with Gasteiger partial charge in [-0.3, -0.25) is 4.79 Å². The third-order valence-corrected chi connectivity index (χ3v) is 3.99. The summed E-state index contributed by atoms with van der Waals surface area (Å²) in [5.41, 5.74) is 6.23. The minimum Gasteiger partial charge on any atom is -0.393 e. The zero-order valence-electron chi connectivity index (χ0n) is 9.77. The summed E-state index contributed by atoms with van der Waals surface area (Å²) in [5, 5.41) is 12.9. The number of rotatable bonds is 2. The number of nitrogen functional groups attached to an aromatic ring is 1. The van der Waals surface area contributed by atoms with Gasteiger partial charge in [-0.25, -0.2) is 4.98 Å². The van der Waals surface area contributed by atoms with Gasteiger partial charge >= 0.3 is 0 Å². The van der Waals surface area contributed by atoms with Gasteiger partial charge in [0.25, 0.3) is 5.91 Å². The Morgan fingerprint density at radius 2 is 2.35 bits per heavy atom. The average molecular weight is 255 g/mol. The van der Waals surface area contributed by atoms with Gasteiger partial charge in [0, 0.05) is 6.04 Å². The number of aromatic nitrogens is 1. The molecule has 1 aliphatic carbocycles. The molecule has 1 aliphatic rings. The molecule has 0 aromatic carbocycles. The first-order valence-electron chi connectivity index (χ1n) is 5.78. The maximum Gasteiger partial charge on any atom is 0.263 e. The quantitative estimate of drug-likeness (QED) is 0.737. The zero-order chi connectivity index (χ0) is 12.4. The summed E-state index contributed by atoms with van der Waals surface area (Å²) in [5.74, 6) is -0.129. The third kappa shape index (κ3) is 2.95. The van der Waals surface area contributed by atoms with E-state index in [0.717, 1.165) is 19.3 Å². The molecule has 2 unspecified atom stereocenters. The molecule has 1 fully saturated rings. The lowest BCUT2D eigenvalue weighted by Gasteiger charge is -2.26. The third-order valence-electron chi connectivity index (χ3n) is 3.00. The fourth-order valence-corrected chi connectivity index (χ4v) is 2.91. The monoisotopic (exact) mass is 255 g/mol. The molecule has 0 saturated heterocycles. The van der Waals surface area contributed by atoms with Crippen molar-refractivity contribution in [3.8, 4) is 0 Å². The normalized spacial score (nSPS) is 24.6. The van der Waals surface area contributed by atoms with Gasteiger partial charge in [0.1, 0.15) is 4.88 Å². The van der Waals surface area contributed by atoms with Crippen LogP contribution >= 0.6 is 11.3 Å². The molecule has 1 aromatic heterocycles. The van der Waals surface area contributed by atoms with Crippen LogP contribution in [0.3, 0.4) is 0 Å². The van der Waals surface area contributed by atoms with E-state index in [-0.39, 0.29) is 18.1 Å². The minimum absolute atomic E-state index is 0.0639. The average Bonchev–Trinajstić information content (AvgIpc) is 2.58. The van der Waals surface area contributed by atoms with Crippen LogP contribution < -0.4 is 11.1 Å². The fraction of sp³-hybridized carbons (Fsp3) is 0.636. The fourth-order valence-electron chi connectivity index (χ4n) is 2.17. The first-order chi connectivity index (χ1) is 8.06. The number of anilines is 1. The van der Waals surface area contributed by atoms with Gasteiger partial charge in [-0.15, -0.1) is 0 Å². The van der Waals surface area contributed by atoms with E-state index in [9.17, 15) is 9.90 Å². The lowest BCUT2D eigenvalue weighted by atomic mass is 9.93. The molecular weight excluding hydrogens is 238 g/mol. The minimum atomic E-state index is -0.290. The number of aliphatic hydroxyl groups excluding tert-OH is 1. The molecule has 2 atom stereocenters. The molecule has 17 heavy (non-hydrogen) atoms. The summed E-state index contributed by atoms with van der Waals surface area (Å²) < 4.78 is 0. The van der Waals surface area contributed by atoms with Crippen molar-refractivity contribution >= 4 is 22.4 Å². The molecule has 1 saturated carbocycles. The van der Waals surface area contributed by atoms with Gasteiger partial charge in [0.2, 0.25) is 0 Å². The summed E-state index contributed by atoms with van der Waals surface area (Å²) in [7, 11) is 0. The Bertz CT molecular complexity index is 419. The molecular formula is C11H17N3O2S. The van der Waals surface area contributed by atoms with Gasteiger partial charge in [-0.1, -0.05) is 11.3 Å². The molecule has 0 radical (unpaired) electrons. The summed E-state index contributed by atoms with van der Waals surface area (Å²) in [6, 6.07) is 0.0639. The highest BCUT2D eigenvalue weighted by Gasteiger charge is 2.23. The first kappa shape index (κ1) is 12.3. The number of nitrogens with zero attached hydrogens (tertiary/aromatic N) is 1. The second-order valence-corrected chi connectivity index (χ2v) is 5.49. The lowest BCUT2D eigenvalue weighted by molar-refractivity contribution is 0.0852. The predicted molar refractivity (Wildman–Crippen MR) is 67.0 cm³/mol. The Balaban J connectivity index is 1.99.